The summed E-state index contributed by atoms with van der Waals surface area (Å²) in [6.07, 6.45) is 2.04. The maximum atomic E-state index is 13.3. The Labute approximate surface area is 148 Å². The second-order valence-electron chi connectivity index (χ2n) is 6.43. The van der Waals surface area contributed by atoms with Crippen LogP contribution in [0.15, 0.2) is 42.6 Å². The van der Waals surface area contributed by atoms with E-state index < -0.39 is 11.7 Å². The second kappa shape index (κ2) is 9.09. The summed E-state index contributed by atoms with van der Waals surface area (Å²) in [6.45, 7) is 5.82. The number of rotatable bonds is 9. The molecule has 0 saturated carbocycles. The van der Waals surface area contributed by atoms with Gasteiger partial charge in [0, 0.05) is 18.4 Å². The van der Waals surface area contributed by atoms with Crippen molar-refractivity contribution in [2.45, 2.75) is 52.3 Å². The van der Waals surface area contributed by atoms with Crippen molar-refractivity contribution in [2.24, 2.45) is 5.92 Å². The molecule has 2 nitrogen and oxygen atoms in total. The predicted molar refractivity (Wildman–Crippen MR) is 95.8 cm³/mol. The zero-order chi connectivity index (χ0) is 18.3. The standard InChI is InChI=1S/C20H27F3N2/c1-3-5-9-16(4-2)14-24-15-17-10-8-13-25(17)19-12-7-6-11-18(19)20(21,22)23/h6-8,10-13,16,24H,3-5,9,14-15H2,1-2H3. The smallest absolute Gasteiger partial charge is 0.319 e. The first-order valence-corrected chi connectivity index (χ1v) is 9.00. The van der Waals surface area contributed by atoms with Gasteiger partial charge in [-0.1, -0.05) is 45.2 Å². The number of nitrogens with zero attached hydrogens (tertiary/aromatic N) is 1. The van der Waals surface area contributed by atoms with Crippen LogP contribution in [0, 0.1) is 5.92 Å². The van der Waals surface area contributed by atoms with Gasteiger partial charge in [-0.2, -0.15) is 13.2 Å². The van der Waals surface area contributed by atoms with Gasteiger partial charge < -0.3 is 9.88 Å². The Balaban J connectivity index is 2.09. The van der Waals surface area contributed by atoms with Gasteiger partial charge in [0.15, 0.2) is 0 Å². The van der Waals surface area contributed by atoms with Gasteiger partial charge in [-0.15, -0.1) is 0 Å². The highest BCUT2D eigenvalue weighted by Gasteiger charge is 2.33. The third-order valence-electron chi connectivity index (χ3n) is 4.58. The molecule has 0 fully saturated rings. The number of benzene rings is 1. The Bertz CT molecular complexity index is 646. The van der Waals surface area contributed by atoms with E-state index in [1.807, 2.05) is 6.07 Å². The zero-order valence-corrected chi connectivity index (χ0v) is 14.9. The number of nitrogens with one attached hydrogen (secondary N) is 1. The number of aromatic nitrogens is 1. The average Bonchev–Trinajstić information content (AvgIpc) is 3.05. The molecule has 0 radical (unpaired) electrons. The van der Waals surface area contributed by atoms with Crippen LogP contribution >= 0.6 is 0 Å². The quantitative estimate of drug-likeness (QED) is 0.603. The number of hydrogen-bond donors (Lipinski definition) is 1. The van der Waals surface area contributed by atoms with E-state index in [2.05, 4.69) is 19.2 Å². The molecule has 0 aliphatic heterocycles. The highest BCUT2D eigenvalue weighted by molar-refractivity contribution is 5.44. The molecule has 0 saturated heterocycles. The maximum absolute atomic E-state index is 13.3. The molecule has 1 aromatic carbocycles. The van der Waals surface area contributed by atoms with Crippen LogP contribution in [-0.2, 0) is 12.7 Å². The third kappa shape index (κ3) is 5.36. The molecule has 0 spiro atoms. The minimum Gasteiger partial charge on any atom is -0.319 e. The lowest BCUT2D eigenvalue weighted by molar-refractivity contribution is -0.137. The van der Waals surface area contributed by atoms with Crippen LogP contribution in [0.2, 0.25) is 0 Å². The number of hydrogen-bond acceptors (Lipinski definition) is 1. The number of alkyl halides is 3. The molecule has 2 aromatic rings. The SMILES string of the molecule is CCCCC(CC)CNCc1cccn1-c1ccccc1C(F)(F)F. The summed E-state index contributed by atoms with van der Waals surface area (Å²) in [4.78, 5) is 0. The first-order chi connectivity index (χ1) is 12.0. The molecular formula is C20H27F3N2. The van der Waals surface area contributed by atoms with E-state index in [0.717, 1.165) is 24.7 Å². The Hall–Kier alpha value is -1.75. The predicted octanol–water partition coefficient (Wildman–Crippen LogP) is 5.80. The molecule has 138 valence electrons. The average molecular weight is 352 g/mol. The lowest BCUT2D eigenvalue weighted by Crippen LogP contribution is -2.23. The molecule has 1 aromatic heterocycles. The molecular weight excluding hydrogens is 325 g/mol. The summed E-state index contributed by atoms with van der Waals surface area (Å²) in [5.41, 5.74) is 0.402. The van der Waals surface area contributed by atoms with Crippen molar-refractivity contribution in [2.75, 3.05) is 6.54 Å². The van der Waals surface area contributed by atoms with Crippen molar-refractivity contribution in [3.05, 3.63) is 53.9 Å². The van der Waals surface area contributed by atoms with Crippen molar-refractivity contribution in [1.82, 2.24) is 9.88 Å². The van der Waals surface area contributed by atoms with Crippen LogP contribution in [0.25, 0.3) is 5.69 Å². The first kappa shape index (κ1) is 19.6. The summed E-state index contributed by atoms with van der Waals surface area (Å²) in [6, 6.07) is 9.37. The van der Waals surface area contributed by atoms with Crippen molar-refractivity contribution < 1.29 is 13.2 Å². The molecule has 5 heteroatoms. The van der Waals surface area contributed by atoms with E-state index in [1.54, 1.807) is 22.9 Å². The normalized spacial score (nSPS) is 13.2. The van der Waals surface area contributed by atoms with E-state index in [4.69, 9.17) is 0 Å². The van der Waals surface area contributed by atoms with E-state index in [1.165, 1.54) is 31.4 Å². The van der Waals surface area contributed by atoms with E-state index in [-0.39, 0.29) is 5.69 Å². The summed E-state index contributed by atoms with van der Waals surface area (Å²) in [7, 11) is 0. The molecule has 0 aliphatic rings. The fourth-order valence-corrected chi connectivity index (χ4v) is 3.07. The van der Waals surface area contributed by atoms with Crippen LogP contribution in [0.5, 0.6) is 0 Å². The Kier molecular flexibility index (Phi) is 7.12. The zero-order valence-electron chi connectivity index (χ0n) is 14.9. The molecule has 2 rings (SSSR count). The van der Waals surface area contributed by atoms with Crippen LogP contribution in [0.4, 0.5) is 13.2 Å². The van der Waals surface area contributed by atoms with Gasteiger partial charge in [-0.25, -0.2) is 0 Å². The Morgan fingerprint density at radius 3 is 2.52 bits per heavy atom. The van der Waals surface area contributed by atoms with Gasteiger partial charge in [0.2, 0.25) is 0 Å². The van der Waals surface area contributed by atoms with E-state index in [9.17, 15) is 13.2 Å². The van der Waals surface area contributed by atoms with Gasteiger partial charge in [0.25, 0.3) is 0 Å². The molecule has 1 N–H and O–H groups in total. The number of unbranched alkanes of at least 4 members (excludes halogenated alkanes) is 1. The highest BCUT2D eigenvalue weighted by atomic mass is 19.4. The monoisotopic (exact) mass is 352 g/mol. The lowest BCUT2D eigenvalue weighted by Gasteiger charge is -2.18. The van der Waals surface area contributed by atoms with Gasteiger partial charge in [0.05, 0.1) is 11.3 Å². The van der Waals surface area contributed by atoms with Crippen LogP contribution in [0.3, 0.4) is 0 Å². The molecule has 0 aliphatic carbocycles. The number of halogens is 3. The minimum absolute atomic E-state index is 0.176. The molecule has 0 amide bonds. The lowest BCUT2D eigenvalue weighted by atomic mass is 9.99. The van der Waals surface area contributed by atoms with Gasteiger partial charge in [-0.05, 0) is 43.1 Å². The summed E-state index contributed by atoms with van der Waals surface area (Å²) >= 11 is 0. The van der Waals surface area contributed by atoms with Gasteiger partial charge in [-0.3, -0.25) is 0 Å². The molecule has 0 bridgehead atoms. The molecule has 1 unspecified atom stereocenters. The minimum atomic E-state index is -4.36. The largest absolute Gasteiger partial charge is 0.418 e. The van der Waals surface area contributed by atoms with Gasteiger partial charge in [0.1, 0.15) is 0 Å². The van der Waals surface area contributed by atoms with Crippen molar-refractivity contribution >= 4 is 0 Å². The topological polar surface area (TPSA) is 17.0 Å². The van der Waals surface area contributed by atoms with Crippen molar-refractivity contribution in [3.8, 4) is 5.69 Å². The van der Waals surface area contributed by atoms with Crippen molar-refractivity contribution in [1.29, 1.82) is 0 Å². The summed E-state index contributed by atoms with van der Waals surface area (Å²) < 4.78 is 41.4. The van der Waals surface area contributed by atoms with E-state index in [0.29, 0.717) is 12.5 Å². The van der Waals surface area contributed by atoms with E-state index >= 15 is 0 Å². The molecule has 1 atom stereocenters. The second-order valence-corrected chi connectivity index (χ2v) is 6.43. The molecule has 25 heavy (non-hydrogen) atoms. The van der Waals surface area contributed by atoms with Crippen LogP contribution in [-0.4, -0.2) is 11.1 Å². The molecule has 1 heterocycles. The van der Waals surface area contributed by atoms with Crippen LogP contribution < -0.4 is 5.32 Å². The van der Waals surface area contributed by atoms with Gasteiger partial charge >= 0.3 is 6.18 Å². The first-order valence-electron chi connectivity index (χ1n) is 9.00. The summed E-state index contributed by atoms with van der Waals surface area (Å²) in [5, 5.41) is 3.41. The summed E-state index contributed by atoms with van der Waals surface area (Å²) in [5.74, 6) is 0.617. The fraction of sp³-hybridized carbons (Fsp3) is 0.500. The maximum Gasteiger partial charge on any atom is 0.418 e. The fourth-order valence-electron chi connectivity index (χ4n) is 3.07. The third-order valence-corrected chi connectivity index (χ3v) is 4.58. The Morgan fingerprint density at radius 1 is 1.08 bits per heavy atom. The highest BCUT2D eigenvalue weighted by Crippen LogP contribution is 2.34. The number of para-hydroxylation sites is 1. The van der Waals surface area contributed by atoms with Crippen LogP contribution in [0.1, 0.15) is 50.8 Å². The van der Waals surface area contributed by atoms with Crippen molar-refractivity contribution in [3.63, 3.8) is 0 Å². The Morgan fingerprint density at radius 2 is 1.84 bits per heavy atom.